The minimum Gasteiger partial charge on any atom is -0.455 e. The molecule has 2 aliphatic rings. The molecule has 1 aromatic heterocycles. The fraction of sp³-hybridized carbons (Fsp3) is 0.0882. The second-order valence-corrected chi connectivity index (χ2v) is 11.4. The molecule has 8 nitrogen and oxygen atoms in total. The summed E-state index contributed by atoms with van der Waals surface area (Å²) < 4.78 is 6.08. The molecule has 0 spiro atoms. The minimum absolute atomic E-state index is 0.269. The van der Waals surface area contributed by atoms with Gasteiger partial charge in [0.05, 0.1) is 26.6 Å². The third-order valence-corrected chi connectivity index (χ3v) is 8.57. The number of aromatic nitrogens is 2. The highest BCUT2D eigenvalue weighted by Gasteiger charge is 2.40. The summed E-state index contributed by atoms with van der Waals surface area (Å²) in [5.74, 6) is 0.346. The molecule has 0 aliphatic carbocycles. The average Bonchev–Trinajstić information content (AvgIpc) is 3.29. The summed E-state index contributed by atoms with van der Waals surface area (Å²) in [7, 11) is 0. The lowest BCUT2D eigenvalue weighted by molar-refractivity contribution is -0.119. The van der Waals surface area contributed by atoms with Crippen molar-refractivity contribution >= 4 is 35.3 Å². The van der Waals surface area contributed by atoms with Crippen LogP contribution in [0.5, 0.6) is 11.5 Å². The Hall–Kier alpha value is -5.28. The van der Waals surface area contributed by atoms with Crippen molar-refractivity contribution in [3.8, 4) is 22.8 Å². The standard InChI is InChI=1S/C34H24N4O4S/c1-20(38-33(40)24-11-5-6-12-25(24)34(38)41)32(39)35-31-23(17-21-9-3-2-4-10-21)18-26(36-37-31)22-15-16-28-30(19-22)43-29-14-8-7-13-27(29)42-28/h2-16,18-20H,17H2,1H3,(H,35,37,39). The summed E-state index contributed by atoms with van der Waals surface area (Å²) in [6.07, 6.45) is 0.483. The molecule has 0 radical (unpaired) electrons. The van der Waals surface area contributed by atoms with Crippen LogP contribution < -0.4 is 10.1 Å². The number of imide groups is 1. The molecule has 1 unspecified atom stereocenters. The van der Waals surface area contributed by atoms with Crippen molar-refractivity contribution in [2.45, 2.75) is 29.2 Å². The zero-order chi connectivity index (χ0) is 29.5. The highest BCUT2D eigenvalue weighted by molar-refractivity contribution is 7.99. The Balaban J connectivity index is 1.18. The number of fused-ring (bicyclic) bond motifs is 3. The first-order chi connectivity index (χ1) is 21.0. The van der Waals surface area contributed by atoms with Crippen molar-refractivity contribution in [2.75, 3.05) is 5.32 Å². The Labute approximate surface area is 251 Å². The van der Waals surface area contributed by atoms with Crippen LogP contribution in [0.2, 0.25) is 0 Å². The zero-order valence-electron chi connectivity index (χ0n) is 23.0. The predicted molar refractivity (Wildman–Crippen MR) is 162 cm³/mol. The molecule has 1 atom stereocenters. The number of carbonyl (C=O) groups excluding carboxylic acids is 3. The van der Waals surface area contributed by atoms with Crippen LogP contribution in [0.25, 0.3) is 11.3 Å². The Kier molecular flexibility index (Phi) is 6.71. The molecule has 210 valence electrons. The van der Waals surface area contributed by atoms with Gasteiger partial charge in [0.15, 0.2) is 5.82 Å². The van der Waals surface area contributed by atoms with E-state index in [1.807, 2.05) is 78.9 Å². The van der Waals surface area contributed by atoms with Crippen LogP contribution in [0.1, 0.15) is 38.8 Å². The molecule has 7 rings (SSSR count). The smallest absolute Gasteiger partial charge is 0.262 e. The van der Waals surface area contributed by atoms with Crippen LogP contribution in [0.15, 0.2) is 113 Å². The molecule has 0 fully saturated rings. The van der Waals surface area contributed by atoms with E-state index in [1.165, 1.54) is 6.92 Å². The van der Waals surface area contributed by atoms with Crippen molar-refractivity contribution in [1.29, 1.82) is 0 Å². The number of nitrogens with one attached hydrogen (secondary N) is 1. The molecule has 43 heavy (non-hydrogen) atoms. The summed E-state index contributed by atoms with van der Waals surface area (Å²) >= 11 is 1.63. The number of anilines is 1. The first-order valence-corrected chi connectivity index (χ1v) is 14.6. The fourth-order valence-corrected chi connectivity index (χ4v) is 6.20. The van der Waals surface area contributed by atoms with E-state index in [0.717, 1.165) is 42.9 Å². The zero-order valence-corrected chi connectivity index (χ0v) is 23.8. The van der Waals surface area contributed by atoms with Gasteiger partial charge in [-0.15, -0.1) is 10.2 Å². The van der Waals surface area contributed by atoms with E-state index < -0.39 is 23.8 Å². The van der Waals surface area contributed by atoms with Crippen LogP contribution in [0, 0.1) is 0 Å². The van der Waals surface area contributed by atoms with E-state index in [9.17, 15) is 14.4 Å². The van der Waals surface area contributed by atoms with Gasteiger partial charge < -0.3 is 10.1 Å². The maximum Gasteiger partial charge on any atom is 0.262 e. The average molecular weight is 585 g/mol. The lowest BCUT2D eigenvalue weighted by atomic mass is 10.0. The molecule has 3 heterocycles. The predicted octanol–water partition coefficient (Wildman–Crippen LogP) is 6.61. The third-order valence-electron chi connectivity index (χ3n) is 7.47. The maximum atomic E-state index is 13.4. The van der Waals surface area contributed by atoms with Crippen LogP contribution in [0.4, 0.5) is 5.82 Å². The van der Waals surface area contributed by atoms with Gasteiger partial charge in [0.1, 0.15) is 17.5 Å². The van der Waals surface area contributed by atoms with Crippen LogP contribution in [0.3, 0.4) is 0 Å². The SMILES string of the molecule is CC(C(=O)Nc1nnc(-c2ccc3c(c2)Sc2ccccc2O3)cc1Cc1ccccc1)N1C(=O)c2ccccc2C1=O. The second kappa shape index (κ2) is 10.8. The number of hydrogen-bond donors (Lipinski definition) is 1. The first kappa shape index (κ1) is 26.6. The molecule has 0 saturated carbocycles. The molecule has 3 amide bonds. The Morgan fingerprint density at radius 3 is 2.26 bits per heavy atom. The van der Waals surface area contributed by atoms with Gasteiger partial charge in [-0.25, -0.2) is 0 Å². The van der Waals surface area contributed by atoms with E-state index in [1.54, 1.807) is 36.0 Å². The number of hydrogen-bond acceptors (Lipinski definition) is 7. The van der Waals surface area contributed by atoms with Crippen molar-refractivity contribution in [2.24, 2.45) is 0 Å². The first-order valence-electron chi connectivity index (χ1n) is 13.7. The Morgan fingerprint density at radius 1 is 0.814 bits per heavy atom. The van der Waals surface area contributed by atoms with Crippen molar-refractivity contribution in [1.82, 2.24) is 15.1 Å². The Bertz CT molecular complexity index is 1890. The van der Waals surface area contributed by atoms with Crippen LogP contribution >= 0.6 is 11.8 Å². The number of nitrogens with zero attached hydrogens (tertiary/aromatic N) is 3. The largest absolute Gasteiger partial charge is 0.455 e. The van der Waals surface area contributed by atoms with Gasteiger partial charge in [-0.3, -0.25) is 19.3 Å². The summed E-state index contributed by atoms with van der Waals surface area (Å²) in [4.78, 5) is 42.4. The van der Waals surface area contributed by atoms with Gasteiger partial charge in [0.25, 0.3) is 11.8 Å². The molecule has 1 N–H and O–H groups in total. The number of amides is 3. The molecule has 0 bridgehead atoms. The number of rotatable bonds is 6. The summed E-state index contributed by atoms with van der Waals surface area (Å²) in [6, 6.07) is 31.0. The van der Waals surface area contributed by atoms with E-state index in [2.05, 4.69) is 15.5 Å². The molecule has 0 saturated heterocycles. The molecular formula is C34H24N4O4S. The fourth-order valence-electron chi connectivity index (χ4n) is 5.21. The number of carbonyl (C=O) groups is 3. The molecule has 4 aromatic carbocycles. The molecular weight excluding hydrogens is 560 g/mol. The normalized spacial score (nSPS) is 13.9. The molecule has 5 aromatic rings. The van der Waals surface area contributed by atoms with Crippen LogP contribution in [-0.4, -0.2) is 38.9 Å². The van der Waals surface area contributed by atoms with Crippen molar-refractivity contribution in [3.63, 3.8) is 0 Å². The monoisotopic (exact) mass is 584 g/mol. The van der Waals surface area contributed by atoms with Crippen LogP contribution in [-0.2, 0) is 11.2 Å². The van der Waals surface area contributed by atoms with Crippen molar-refractivity contribution in [3.05, 3.63) is 125 Å². The van der Waals surface area contributed by atoms with E-state index >= 15 is 0 Å². The maximum absolute atomic E-state index is 13.4. The highest BCUT2D eigenvalue weighted by atomic mass is 32.2. The van der Waals surface area contributed by atoms with E-state index in [-0.39, 0.29) is 16.9 Å². The minimum atomic E-state index is -1.06. The summed E-state index contributed by atoms with van der Waals surface area (Å²) in [5, 5.41) is 11.7. The van der Waals surface area contributed by atoms with Gasteiger partial charge in [0, 0.05) is 17.5 Å². The van der Waals surface area contributed by atoms with Gasteiger partial charge in [0.2, 0.25) is 5.91 Å². The Morgan fingerprint density at radius 2 is 1.49 bits per heavy atom. The second-order valence-electron chi connectivity index (χ2n) is 10.3. The highest BCUT2D eigenvalue weighted by Crippen LogP contribution is 2.47. The number of para-hydroxylation sites is 1. The lowest BCUT2D eigenvalue weighted by Gasteiger charge is -2.22. The van der Waals surface area contributed by atoms with Gasteiger partial charge in [-0.2, -0.15) is 0 Å². The van der Waals surface area contributed by atoms with Gasteiger partial charge in [-0.1, -0.05) is 66.4 Å². The van der Waals surface area contributed by atoms with E-state index in [4.69, 9.17) is 4.74 Å². The number of benzene rings is 4. The molecule has 2 aliphatic heterocycles. The topological polar surface area (TPSA) is 101 Å². The third kappa shape index (κ3) is 4.93. The van der Waals surface area contributed by atoms with Gasteiger partial charge >= 0.3 is 0 Å². The summed E-state index contributed by atoms with van der Waals surface area (Å²) in [6.45, 7) is 1.53. The summed E-state index contributed by atoms with van der Waals surface area (Å²) in [5.41, 5.74) is 3.84. The van der Waals surface area contributed by atoms with E-state index in [0.29, 0.717) is 12.1 Å². The quantitative estimate of drug-likeness (QED) is 0.220. The number of ether oxygens (including phenoxy) is 1. The molecule has 9 heteroatoms. The lowest BCUT2D eigenvalue weighted by Crippen LogP contribution is -2.45. The van der Waals surface area contributed by atoms with Crippen molar-refractivity contribution < 1.29 is 19.1 Å². The van der Waals surface area contributed by atoms with Gasteiger partial charge in [-0.05, 0) is 61.0 Å².